The Kier molecular flexibility index (Phi) is 6.53. The van der Waals surface area contributed by atoms with Gasteiger partial charge in [0.25, 0.3) is 0 Å². The van der Waals surface area contributed by atoms with Gasteiger partial charge in [-0.05, 0) is 58.2 Å². The second-order valence-corrected chi connectivity index (χ2v) is 9.01. The molecule has 164 valence electrons. The van der Waals surface area contributed by atoms with E-state index in [0.717, 1.165) is 37.3 Å². The minimum absolute atomic E-state index is 0.102. The normalized spacial score (nSPS) is 20.5. The molecule has 0 aliphatic carbocycles. The summed E-state index contributed by atoms with van der Waals surface area (Å²) in [4.78, 5) is 39.8. The molecule has 2 aliphatic heterocycles. The van der Waals surface area contributed by atoms with Crippen LogP contribution in [0.5, 0.6) is 0 Å². The number of ether oxygens (including phenoxy) is 1. The highest BCUT2D eigenvalue weighted by molar-refractivity contribution is 6.01. The molecule has 0 saturated carbocycles. The zero-order valence-electron chi connectivity index (χ0n) is 18.2. The number of hydrogen-bond donors (Lipinski definition) is 2. The van der Waals surface area contributed by atoms with E-state index in [4.69, 9.17) is 4.74 Å². The van der Waals surface area contributed by atoms with Crippen molar-refractivity contribution in [1.29, 1.82) is 0 Å². The van der Waals surface area contributed by atoms with Gasteiger partial charge < -0.3 is 19.9 Å². The number of nitrogens with zero attached hydrogens (tertiary/aromatic N) is 2. The third-order valence-electron chi connectivity index (χ3n) is 5.50. The van der Waals surface area contributed by atoms with E-state index in [1.165, 1.54) is 0 Å². The van der Waals surface area contributed by atoms with E-state index >= 15 is 0 Å². The summed E-state index contributed by atoms with van der Waals surface area (Å²) < 4.78 is 5.34. The van der Waals surface area contributed by atoms with Crippen molar-refractivity contribution in [2.75, 3.05) is 29.9 Å². The maximum absolute atomic E-state index is 12.2. The van der Waals surface area contributed by atoms with Gasteiger partial charge in [0.2, 0.25) is 11.8 Å². The van der Waals surface area contributed by atoms with E-state index in [1.807, 2.05) is 44.9 Å². The molecule has 1 aromatic carbocycles. The number of nitrogens with one attached hydrogen (secondary N) is 2. The van der Waals surface area contributed by atoms with Gasteiger partial charge in [-0.2, -0.15) is 0 Å². The summed E-state index contributed by atoms with van der Waals surface area (Å²) in [7, 11) is 1.89. The van der Waals surface area contributed by atoms with Crippen molar-refractivity contribution in [2.24, 2.45) is 0 Å². The lowest BCUT2D eigenvalue weighted by Crippen LogP contribution is -2.51. The molecule has 0 bridgehead atoms. The highest BCUT2D eigenvalue weighted by atomic mass is 16.6. The Bertz CT molecular complexity index is 797. The molecule has 0 radical (unpaired) electrons. The number of imide groups is 1. The average Bonchev–Trinajstić information content (AvgIpc) is 2.67. The lowest BCUT2D eigenvalue weighted by Gasteiger charge is -2.35. The van der Waals surface area contributed by atoms with Crippen LogP contribution in [0, 0.1) is 0 Å². The first-order chi connectivity index (χ1) is 14.1. The molecule has 1 aromatic rings. The lowest BCUT2D eigenvalue weighted by molar-refractivity contribution is -0.134. The van der Waals surface area contributed by atoms with Gasteiger partial charge in [-0.3, -0.25) is 14.9 Å². The molecule has 2 saturated heterocycles. The quantitative estimate of drug-likeness (QED) is 0.733. The smallest absolute Gasteiger partial charge is 0.407 e. The van der Waals surface area contributed by atoms with Crippen LogP contribution in [0.15, 0.2) is 24.3 Å². The zero-order valence-corrected chi connectivity index (χ0v) is 18.2. The highest BCUT2D eigenvalue weighted by Gasteiger charge is 2.30. The number of carbonyl (C=O) groups is 3. The van der Waals surface area contributed by atoms with Gasteiger partial charge in [-0.15, -0.1) is 0 Å². The van der Waals surface area contributed by atoms with E-state index in [0.29, 0.717) is 12.8 Å². The Balaban J connectivity index is 1.57. The predicted molar refractivity (Wildman–Crippen MR) is 116 cm³/mol. The minimum atomic E-state index is -0.500. The van der Waals surface area contributed by atoms with Crippen molar-refractivity contribution in [3.63, 3.8) is 0 Å². The molecule has 8 heteroatoms. The molecule has 0 aromatic heterocycles. The molecule has 2 fully saturated rings. The van der Waals surface area contributed by atoms with Gasteiger partial charge in [0.05, 0.1) is 0 Å². The van der Waals surface area contributed by atoms with Crippen LogP contribution >= 0.6 is 0 Å². The number of rotatable bonds is 4. The zero-order chi connectivity index (χ0) is 21.9. The summed E-state index contributed by atoms with van der Waals surface area (Å²) in [6.07, 6.45) is 2.19. The van der Waals surface area contributed by atoms with Gasteiger partial charge in [-0.25, -0.2) is 4.79 Å². The lowest BCUT2D eigenvalue weighted by atomic mass is 10.0. The highest BCUT2D eigenvalue weighted by Crippen LogP contribution is 2.27. The van der Waals surface area contributed by atoms with Gasteiger partial charge in [0, 0.05) is 44.0 Å². The Morgan fingerprint density at radius 1 is 1.20 bits per heavy atom. The molecule has 2 aliphatic rings. The Hall–Kier alpha value is -2.77. The molecular formula is C22H32N4O4. The largest absolute Gasteiger partial charge is 0.444 e. The van der Waals surface area contributed by atoms with Crippen molar-refractivity contribution in [3.8, 4) is 0 Å². The van der Waals surface area contributed by atoms with Gasteiger partial charge in [0.1, 0.15) is 11.6 Å². The number of hydrogen-bond acceptors (Lipinski definition) is 6. The number of amides is 3. The number of carbonyl (C=O) groups excluding carboxylic acids is 3. The molecule has 0 spiro atoms. The Labute approximate surface area is 177 Å². The van der Waals surface area contributed by atoms with Crippen LogP contribution in [0.2, 0.25) is 0 Å². The van der Waals surface area contributed by atoms with E-state index in [9.17, 15) is 14.4 Å². The summed E-state index contributed by atoms with van der Waals surface area (Å²) in [5.41, 5.74) is 1.53. The van der Waals surface area contributed by atoms with Crippen molar-refractivity contribution in [2.45, 2.75) is 64.1 Å². The molecule has 1 unspecified atom stereocenters. The molecule has 30 heavy (non-hydrogen) atoms. The standard InChI is InChI=1S/C22H32N4O4/c1-22(2,3)30-21(29)23-15-10-12-26(13-11-15)17-7-5-6-16(14-17)25(4)18-8-9-19(27)24-20(18)28/h5-7,14-15,18H,8-13H2,1-4H3,(H,23,29)(H,24,27,28). The minimum Gasteiger partial charge on any atom is -0.444 e. The fourth-order valence-corrected chi connectivity index (χ4v) is 3.90. The van der Waals surface area contributed by atoms with Crippen LogP contribution < -0.4 is 20.4 Å². The van der Waals surface area contributed by atoms with E-state index in [-0.39, 0.29) is 30.0 Å². The molecule has 2 N–H and O–H groups in total. The summed E-state index contributed by atoms with van der Waals surface area (Å²) in [6.45, 7) is 7.22. The van der Waals surface area contributed by atoms with Crippen LogP contribution in [0.25, 0.3) is 0 Å². The number of piperidine rings is 2. The third-order valence-corrected chi connectivity index (χ3v) is 5.50. The van der Waals surface area contributed by atoms with Crippen LogP contribution in [0.4, 0.5) is 16.2 Å². The second-order valence-electron chi connectivity index (χ2n) is 9.01. The van der Waals surface area contributed by atoms with Crippen LogP contribution in [0.1, 0.15) is 46.5 Å². The van der Waals surface area contributed by atoms with Crippen LogP contribution in [-0.4, -0.2) is 55.7 Å². The molecule has 1 atom stereocenters. The summed E-state index contributed by atoms with van der Waals surface area (Å²) >= 11 is 0. The number of alkyl carbamates (subject to hydrolysis) is 1. The molecule has 3 rings (SSSR count). The molecule has 2 heterocycles. The maximum atomic E-state index is 12.2. The van der Waals surface area contributed by atoms with Crippen molar-refractivity contribution >= 4 is 29.3 Å². The third kappa shape index (κ3) is 5.64. The Morgan fingerprint density at radius 2 is 1.90 bits per heavy atom. The van der Waals surface area contributed by atoms with Crippen molar-refractivity contribution in [3.05, 3.63) is 24.3 Å². The van der Waals surface area contributed by atoms with E-state index in [2.05, 4.69) is 27.7 Å². The second kappa shape index (κ2) is 8.93. The summed E-state index contributed by atoms with van der Waals surface area (Å²) in [5, 5.41) is 5.38. The fourth-order valence-electron chi connectivity index (χ4n) is 3.90. The summed E-state index contributed by atoms with van der Waals surface area (Å²) in [6, 6.07) is 7.85. The molecule has 3 amide bonds. The van der Waals surface area contributed by atoms with E-state index < -0.39 is 5.60 Å². The van der Waals surface area contributed by atoms with Gasteiger partial charge in [-0.1, -0.05) is 6.07 Å². The fraction of sp³-hybridized carbons (Fsp3) is 0.591. The molecule has 8 nitrogen and oxygen atoms in total. The van der Waals surface area contributed by atoms with E-state index in [1.54, 1.807) is 0 Å². The summed E-state index contributed by atoms with van der Waals surface area (Å²) in [5.74, 6) is -0.450. The van der Waals surface area contributed by atoms with Crippen LogP contribution in [-0.2, 0) is 14.3 Å². The number of likely N-dealkylation sites (N-methyl/N-ethyl adjacent to an activating group) is 1. The first-order valence-corrected chi connectivity index (χ1v) is 10.5. The number of benzene rings is 1. The van der Waals surface area contributed by atoms with Gasteiger partial charge in [0.15, 0.2) is 0 Å². The molecular weight excluding hydrogens is 384 g/mol. The topological polar surface area (TPSA) is 91.0 Å². The Morgan fingerprint density at radius 3 is 2.53 bits per heavy atom. The van der Waals surface area contributed by atoms with Gasteiger partial charge >= 0.3 is 6.09 Å². The average molecular weight is 417 g/mol. The van der Waals surface area contributed by atoms with Crippen molar-refractivity contribution in [1.82, 2.24) is 10.6 Å². The monoisotopic (exact) mass is 416 g/mol. The van der Waals surface area contributed by atoms with Crippen molar-refractivity contribution < 1.29 is 19.1 Å². The predicted octanol–water partition coefficient (Wildman–Crippen LogP) is 2.42. The number of anilines is 2. The SMILES string of the molecule is CN(c1cccc(N2CCC(NC(=O)OC(C)(C)C)CC2)c1)C1CCC(=O)NC1=O. The van der Waals surface area contributed by atoms with Crippen LogP contribution in [0.3, 0.4) is 0 Å². The first kappa shape index (κ1) is 21.9. The maximum Gasteiger partial charge on any atom is 0.407 e. The first-order valence-electron chi connectivity index (χ1n) is 10.5.